The van der Waals surface area contributed by atoms with Gasteiger partial charge in [0.25, 0.3) is 11.7 Å². The van der Waals surface area contributed by atoms with Crippen LogP contribution in [0.15, 0.2) is 42.1 Å². The summed E-state index contributed by atoms with van der Waals surface area (Å²) in [5, 5.41) is 11.6. The van der Waals surface area contributed by atoms with Crippen molar-refractivity contribution in [1.29, 1.82) is 0 Å². The number of likely N-dealkylation sites (tertiary alicyclic amines) is 1. The number of aromatic nitrogens is 1. The number of hydrogen-bond donors (Lipinski definition) is 1. The van der Waals surface area contributed by atoms with Crippen molar-refractivity contribution in [2.45, 2.75) is 25.0 Å². The number of methoxy groups -OCH3 is 2. The Bertz CT molecular complexity index is 1070. The largest absolute Gasteiger partial charge is 0.507 e. The van der Waals surface area contributed by atoms with E-state index in [0.717, 1.165) is 12.8 Å². The van der Waals surface area contributed by atoms with Crippen LogP contribution in [0.2, 0.25) is 5.02 Å². The van der Waals surface area contributed by atoms with Crippen molar-refractivity contribution < 1.29 is 28.9 Å². The van der Waals surface area contributed by atoms with Crippen molar-refractivity contribution >= 4 is 29.1 Å². The monoisotopic (exact) mass is 458 g/mol. The number of pyridine rings is 1. The van der Waals surface area contributed by atoms with Crippen LogP contribution in [0.4, 0.5) is 0 Å². The van der Waals surface area contributed by atoms with E-state index in [2.05, 4.69) is 4.98 Å². The Labute approximate surface area is 190 Å². The fourth-order valence-corrected chi connectivity index (χ4v) is 4.34. The number of Topliss-reactive ketones (excluding diaryl/α,β-unsaturated/α-hetero) is 1. The Hall–Kier alpha value is -3.10. The number of nitrogens with zero attached hydrogens (tertiary/aromatic N) is 2. The SMILES string of the molecule is COc1cc(/C(O)=C2\C(=O)C(=O)N(CC3CCCO3)C2c2ccccn2)c(OC)cc1Cl. The molecule has 2 atom stereocenters. The summed E-state index contributed by atoms with van der Waals surface area (Å²) in [4.78, 5) is 31.9. The van der Waals surface area contributed by atoms with Crippen LogP contribution in [0.3, 0.4) is 0 Å². The van der Waals surface area contributed by atoms with E-state index in [1.54, 1.807) is 24.4 Å². The molecule has 2 aromatic rings. The summed E-state index contributed by atoms with van der Waals surface area (Å²) in [6.07, 6.45) is 3.09. The van der Waals surface area contributed by atoms with Crippen LogP contribution in [0.1, 0.15) is 30.1 Å². The highest BCUT2D eigenvalue weighted by atomic mass is 35.5. The Balaban J connectivity index is 1.88. The van der Waals surface area contributed by atoms with Gasteiger partial charge in [-0.25, -0.2) is 0 Å². The third-order valence-electron chi connectivity index (χ3n) is 5.66. The van der Waals surface area contributed by atoms with Crippen LogP contribution in [-0.4, -0.2) is 60.2 Å². The maximum Gasteiger partial charge on any atom is 0.295 e. The molecule has 2 unspecified atom stereocenters. The van der Waals surface area contributed by atoms with Gasteiger partial charge in [-0.15, -0.1) is 0 Å². The molecule has 2 saturated heterocycles. The second-order valence-corrected chi connectivity index (χ2v) is 7.94. The Morgan fingerprint density at radius 3 is 2.66 bits per heavy atom. The molecule has 4 rings (SSSR count). The molecule has 0 radical (unpaired) electrons. The number of ether oxygens (including phenoxy) is 3. The number of aliphatic hydroxyl groups excluding tert-OH is 1. The molecule has 8 nitrogen and oxygen atoms in total. The number of halogens is 1. The zero-order valence-corrected chi connectivity index (χ0v) is 18.5. The molecule has 2 aliphatic rings. The van der Waals surface area contributed by atoms with Crippen molar-refractivity contribution in [1.82, 2.24) is 9.88 Å². The highest BCUT2D eigenvalue weighted by molar-refractivity contribution is 6.46. The van der Waals surface area contributed by atoms with Gasteiger partial charge in [-0.1, -0.05) is 17.7 Å². The molecule has 3 heterocycles. The minimum absolute atomic E-state index is 0.0747. The van der Waals surface area contributed by atoms with Gasteiger partial charge in [-0.3, -0.25) is 14.6 Å². The van der Waals surface area contributed by atoms with Gasteiger partial charge in [0, 0.05) is 25.4 Å². The van der Waals surface area contributed by atoms with Crippen LogP contribution in [0.5, 0.6) is 11.5 Å². The second kappa shape index (κ2) is 9.18. The normalized spacial score (nSPS) is 22.4. The number of ketones is 1. The molecule has 2 aliphatic heterocycles. The van der Waals surface area contributed by atoms with E-state index in [4.69, 9.17) is 25.8 Å². The molecule has 9 heteroatoms. The third-order valence-corrected chi connectivity index (χ3v) is 5.96. The first-order valence-electron chi connectivity index (χ1n) is 10.2. The van der Waals surface area contributed by atoms with Gasteiger partial charge in [0.15, 0.2) is 0 Å². The second-order valence-electron chi connectivity index (χ2n) is 7.53. The van der Waals surface area contributed by atoms with E-state index in [9.17, 15) is 14.7 Å². The summed E-state index contributed by atoms with van der Waals surface area (Å²) in [7, 11) is 2.85. The van der Waals surface area contributed by atoms with Gasteiger partial charge in [-0.05, 0) is 31.0 Å². The quantitative estimate of drug-likeness (QED) is 0.402. The molecule has 0 bridgehead atoms. The standard InChI is InChI=1S/C23H23ClN2O6/c1-30-17-11-15(24)18(31-2)10-14(17)21(27)19-20(16-7-3-4-8-25-16)26(23(29)22(19)28)12-13-6-5-9-32-13/h3-4,7-8,10-11,13,20,27H,5-6,9,12H2,1-2H3/b21-19+. The van der Waals surface area contributed by atoms with E-state index in [0.29, 0.717) is 12.3 Å². The molecule has 168 valence electrons. The maximum atomic E-state index is 13.1. The van der Waals surface area contributed by atoms with Gasteiger partial charge in [0.1, 0.15) is 23.3 Å². The molecule has 1 aromatic carbocycles. The molecular formula is C23H23ClN2O6. The van der Waals surface area contributed by atoms with E-state index in [1.807, 2.05) is 0 Å². The number of benzene rings is 1. The Morgan fingerprint density at radius 1 is 1.25 bits per heavy atom. The molecule has 1 aromatic heterocycles. The summed E-state index contributed by atoms with van der Waals surface area (Å²) in [5.74, 6) is -1.37. The number of amides is 1. The lowest BCUT2D eigenvalue weighted by atomic mass is 9.97. The van der Waals surface area contributed by atoms with E-state index in [-0.39, 0.29) is 46.1 Å². The Kier molecular flexibility index (Phi) is 6.34. The van der Waals surface area contributed by atoms with E-state index in [1.165, 1.54) is 31.3 Å². The Morgan fingerprint density at radius 2 is 2.03 bits per heavy atom. The van der Waals surface area contributed by atoms with Crippen LogP contribution in [0.25, 0.3) is 5.76 Å². The smallest absolute Gasteiger partial charge is 0.295 e. The molecule has 2 fully saturated rings. The number of carbonyl (C=O) groups is 2. The topological polar surface area (TPSA) is 98.2 Å². The zero-order chi connectivity index (χ0) is 22.8. The first-order valence-corrected chi connectivity index (χ1v) is 10.6. The van der Waals surface area contributed by atoms with Crippen LogP contribution in [0, 0.1) is 0 Å². The fraction of sp³-hybridized carbons (Fsp3) is 0.348. The predicted octanol–water partition coefficient (Wildman–Crippen LogP) is 3.35. The van der Waals surface area contributed by atoms with Gasteiger partial charge >= 0.3 is 0 Å². The predicted molar refractivity (Wildman–Crippen MR) is 117 cm³/mol. The molecule has 0 aliphatic carbocycles. The van der Waals surface area contributed by atoms with Gasteiger partial charge in [-0.2, -0.15) is 0 Å². The van der Waals surface area contributed by atoms with Crippen LogP contribution >= 0.6 is 11.6 Å². The van der Waals surface area contributed by atoms with Crippen molar-refractivity contribution in [2.75, 3.05) is 27.4 Å². The molecule has 1 amide bonds. The molecule has 0 spiro atoms. The third kappa shape index (κ3) is 3.91. The first-order chi connectivity index (χ1) is 15.5. The number of aliphatic hydroxyl groups is 1. The molecule has 32 heavy (non-hydrogen) atoms. The summed E-state index contributed by atoms with van der Waals surface area (Å²) < 4.78 is 16.3. The number of hydrogen-bond acceptors (Lipinski definition) is 7. The summed E-state index contributed by atoms with van der Waals surface area (Å²) in [6, 6.07) is 7.30. The summed E-state index contributed by atoms with van der Waals surface area (Å²) in [5.41, 5.74) is 0.574. The zero-order valence-electron chi connectivity index (χ0n) is 17.7. The highest BCUT2D eigenvalue weighted by Crippen LogP contribution is 2.42. The average Bonchev–Trinajstić information content (AvgIpc) is 3.41. The lowest BCUT2D eigenvalue weighted by Gasteiger charge is -2.26. The minimum Gasteiger partial charge on any atom is -0.507 e. The minimum atomic E-state index is -0.869. The molecule has 1 N–H and O–H groups in total. The van der Waals surface area contributed by atoms with Crippen LogP contribution in [-0.2, 0) is 14.3 Å². The van der Waals surface area contributed by atoms with Crippen molar-refractivity contribution in [3.05, 3.63) is 58.4 Å². The van der Waals surface area contributed by atoms with Crippen LogP contribution < -0.4 is 9.47 Å². The van der Waals surface area contributed by atoms with Crippen molar-refractivity contribution in [3.8, 4) is 11.5 Å². The summed E-state index contributed by atoms with van der Waals surface area (Å²) in [6.45, 7) is 0.842. The fourth-order valence-electron chi connectivity index (χ4n) is 4.11. The molecular weight excluding hydrogens is 436 g/mol. The number of carbonyl (C=O) groups excluding carboxylic acids is 2. The lowest BCUT2D eigenvalue weighted by molar-refractivity contribution is -0.140. The number of rotatable bonds is 6. The van der Waals surface area contributed by atoms with Gasteiger partial charge in [0.05, 0.1) is 42.2 Å². The maximum absolute atomic E-state index is 13.1. The van der Waals surface area contributed by atoms with Crippen molar-refractivity contribution in [2.24, 2.45) is 0 Å². The lowest BCUT2D eigenvalue weighted by Crippen LogP contribution is -2.36. The average molecular weight is 459 g/mol. The summed E-state index contributed by atoms with van der Waals surface area (Å²) >= 11 is 6.18. The van der Waals surface area contributed by atoms with Gasteiger partial charge < -0.3 is 24.2 Å². The highest BCUT2D eigenvalue weighted by Gasteiger charge is 2.48. The molecule has 0 saturated carbocycles. The van der Waals surface area contributed by atoms with E-state index >= 15 is 0 Å². The van der Waals surface area contributed by atoms with Gasteiger partial charge in [0.2, 0.25) is 0 Å². The first kappa shape index (κ1) is 22.1. The van der Waals surface area contributed by atoms with Crippen molar-refractivity contribution in [3.63, 3.8) is 0 Å². The van der Waals surface area contributed by atoms with E-state index < -0.39 is 17.7 Å².